The number of halogens is 3. The minimum Gasteiger partial charge on any atom is -0.425 e. The smallest absolute Gasteiger partial charge is 0.396 e. The molecule has 0 unspecified atom stereocenters. The topological polar surface area (TPSA) is 52.6 Å². The molecule has 0 amide bonds. The van der Waals surface area contributed by atoms with Gasteiger partial charge < -0.3 is 9.47 Å². The van der Waals surface area contributed by atoms with E-state index in [9.17, 15) is 22.8 Å². The maximum atomic E-state index is 11.8. The second kappa shape index (κ2) is 4.83. The fraction of sp³-hybridized carbons (Fsp3) is 0.714. The zero-order valence-corrected chi connectivity index (χ0v) is 7.55. The van der Waals surface area contributed by atoms with Crippen LogP contribution < -0.4 is 0 Å². The van der Waals surface area contributed by atoms with Crippen molar-refractivity contribution in [3.63, 3.8) is 0 Å². The summed E-state index contributed by atoms with van der Waals surface area (Å²) in [4.78, 5) is 20.7. The van der Waals surface area contributed by atoms with Gasteiger partial charge in [0.2, 0.25) is 0 Å². The summed E-state index contributed by atoms with van der Waals surface area (Å²) in [7, 11) is 0. The average Bonchev–Trinajstić information content (AvgIpc) is 1.77. The van der Waals surface area contributed by atoms with Crippen LogP contribution >= 0.6 is 0 Å². The summed E-state index contributed by atoms with van der Waals surface area (Å²) < 4.78 is 43.7. The number of hydrogen-bond donors (Lipinski definition) is 0. The number of ether oxygens (including phenoxy) is 2. The normalized spacial score (nSPS) is 11.3. The number of carbonyl (C=O) groups is 2. The Hall–Kier alpha value is -1.27. The molecule has 0 aliphatic heterocycles. The summed E-state index contributed by atoms with van der Waals surface area (Å²) in [5.41, 5.74) is 0. The van der Waals surface area contributed by atoms with Gasteiger partial charge in [-0.25, -0.2) is 0 Å². The highest BCUT2D eigenvalue weighted by Crippen LogP contribution is 2.23. The zero-order chi connectivity index (χ0) is 11.4. The molecule has 0 aliphatic rings. The predicted octanol–water partition coefficient (Wildman–Crippen LogP) is 1.39. The lowest BCUT2D eigenvalue weighted by Crippen LogP contribution is -2.28. The molecule has 0 heterocycles. The molecule has 0 saturated heterocycles. The third-order valence-corrected chi connectivity index (χ3v) is 0.993. The van der Waals surface area contributed by atoms with Crippen molar-refractivity contribution in [2.24, 2.45) is 0 Å². The van der Waals surface area contributed by atoms with Gasteiger partial charge in [-0.05, 0) is 0 Å². The van der Waals surface area contributed by atoms with Crippen LogP contribution in [0.3, 0.4) is 0 Å². The molecule has 0 atom stereocenters. The van der Waals surface area contributed by atoms with E-state index in [1.54, 1.807) is 0 Å². The van der Waals surface area contributed by atoms with Crippen LogP contribution in [0.4, 0.5) is 13.2 Å². The first kappa shape index (κ1) is 12.7. The van der Waals surface area contributed by atoms with Gasteiger partial charge in [0.15, 0.2) is 0 Å². The standard InChI is InChI=1S/C7H9F3O4/c1-4(11)13-6(14-5(2)12)3-7(8,9)10/h6H,3H2,1-2H3. The summed E-state index contributed by atoms with van der Waals surface area (Å²) in [6, 6.07) is 0. The van der Waals surface area contributed by atoms with E-state index in [1.165, 1.54) is 0 Å². The molecule has 14 heavy (non-hydrogen) atoms. The lowest BCUT2D eigenvalue weighted by Gasteiger charge is -2.17. The number of rotatable bonds is 3. The van der Waals surface area contributed by atoms with Crippen molar-refractivity contribution in [2.75, 3.05) is 0 Å². The van der Waals surface area contributed by atoms with Crippen LogP contribution in [0.2, 0.25) is 0 Å². The van der Waals surface area contributed by atoms with Gasteiger partial charge in [-0.15, -0.1) is 0 Å². The average molecular weight is 214 g/mol. The maximum absolute atomic E-state index is 11.8. The molecular weight excluding hydrogens is 205 g/mol. The van der Waals surface area contributed by atoms with Crippen LogP contribution in [0.5, 0.6) is 0 Å². The molecule has 0 saturated carbocycles. The van der Waals surface area contributed by atoms with Crippen molar-refractivity contribution in [2.45, 2.75) is 32.7 Å². The van der Waals surface area contributed by atoms with Gasteiger partial charge in [0.25, 0.3) is 6.29 Å². The van der Waals surface area contributed by atoms with Crippen molar-refractivity contribution in [3.05, 3.63) is 0 Å². The molecule has 0 spiro atoms. The van der Waals surface area contributed by atoms with Gasteiger partial charge >= 0.3 is 18.1 Å². The Morgan fingerprint density at radius 1 is 1.14 bits per heavy atom. The number of carbonyl (C=O) groups excluding carboxylic acids is 2. The molecule has 0 fully saturated rings. The number of alkyl halides is 3. The van der Waals surface area contributed by atoms with E-state index in [0.29, 0.717) is 0 Å². The van der Waals surface area contributed by atoms with Crippen LogP contribution in [0.1, 0.15) is 20.3 Å². The molecule has 0 radical (unpaired) electrons. The molecule has 0 aromatic heterocycles. The summed E-state index contributed by atoms with van der Waals surface area (Å²) in [6.07, 6.45) is -7.97. The third kappa shape index (κ3) is 7.38. The van der Waals surface area contributed by atoms with Crippen molar-refractivity contribution in [1.82, 2.24) is 0 Å². The van der Waals surface area contributed by atoms with Gasteiger partial charge in [-0.3, -0.25) is 9.59 Å². The van der Waals surface area contributed by atoms with Gasteiger partial charge in [0.1, 0.15) is 6.42 Å². The van der Waals surface area contributed by atoms with E-state index < -0.39 is 30.8 Å². The highest BCUT2D eigenvalue weighted by molar-refractivity contribution is 5.68. The molecule has 0 N–H and O–H groups in total. The van der Waals surface area contributed by atoms with E-state index in [0.717, 1.165) is 13.8 Å². The van der Waals surface area contributed by atoms with E-state index in [2.05, 4.69) is 9.47 Å². The molecule has 7 heteroatoms. The quantitative estimate of drug-likeness (QED) is 0.526. The highest BCUT2D eigenvalue weighted by Gasteiger charge is 2.35. The Labute approximate surface area is 78.0 Å². The first-order valence-corrected chi connectivity index (χ1v) is 3.62. The molecule has 82 valence electrons. The van der Waals surface area contributed by atoms with E-state index in [4.69, 9.17) is 0 Å². The molecule has 4 nitrogen and oxygen atoms in total. The second-order valence-corrected chi connectivity index (χ2v) is 2.47. The molecule has 0 aliphatic carbocycles. The Morgan fingerprint density at radius 3 is 1.71 bits per heavy atom. The van der Waals surface area contributed by atoms with Gasteiger partial charge in [-0.2, -0.15) is 13.2 Å². The molecule has 0 aromatic rings. The SMILES string of the molecule is CC(=O)OC(CC(F)(F)F)OC(C)=O. The van der Waals surface area contributed by atoms with E-state index >= 15 is 0 Å². The molecular formula is C7H9F3O4. The van der Waals surface area contributed by atoms with Crippen LogP contribution in [0, 0.1) is 0 Å². The molecule has 0 bridgehead atoms. The summed E-state index contributed by atoms with van der Waals surface area (Å²) in [6.45, 7) is 1.85. The molecule has 0 rings (SSSR count). The van der Waals surface area contributed by atoms with E-state index in [1.807, 2.05) is 0 Å². The van der Waals surface area contributed by atoms with Gasteiger partial charge in [-0.1, -0.05) is 0 Å². The summed E-state index contributed by atoms with van der Waals surface area (Å²) >= 11 is 0. The largest absolute Gasteiger partial charge is 0.425 e. The highest BCUT2D eigenvalue weighted by atomic mass is 19.4. The Kier molecular flexibility index (Phi) is 4.39. The first-order valence-electron chi connectivity index (χ1n) is 3.62. The Morgan fingerprint density at radius 2 is 1.50 bits per heavy atom. The lowest BCUT2D eigenvalue weighted by atomic mass is 10.4. The van der Waals surface area contributed by atoms with Crippen molar-refractivity contribution < 1.29 is 32.2 Å². The van der Waals surface area contributed by atoms with Gasteiger partial charge in [0, 0.05) is 13.8 Å². The van der Waals surface area contributed by atoms with Crippen LogP contribution in [-0.2, 0) is 19.1 Å². The monoisotopic (exact) mass is 214 g/mol. The summed E-state index contributed by atoms with van der Waals surface area (Å²) in [5.74, 6) is -1.89. The van der Waals surface area contributed by atoms with Crippen molar-refractivity contribution in [3.8, 4) is 0 Å². The second-order valence-electron chi connectivity index (χ2n) is 2.47. The fourth-order valence-electron chi connectivity index (χ4n) is 0.667. The van der Waals surface area contributed by atoms with Gasteiger partial charge in [0.05, 0.1) is 0 Å². The zero-order valence-electron chi connectivity index (χ0n) is 7.55. The Balaban J connectivity index is 4.24. The number of hydrogen-bond acceptors (Lipinski definition) is 4. The third-order valence-electron chi connectivity index (χ3n) is 0.993. The van der Waals surface area contributed by atoms with Crippen LogP contribution in [-0.4, -0.2) is 24.4 Å². The van der Waals surface area contributed by atoms with Crippen LogP contribution in [0.25, 0.3) is 0 Å². The lowest BCUT2D eigenvalue weighted by molar-refractivity contribution is -0.218. The fourth-order valence-corrected chi connectivity index (χ4v) is 0.667. The van der Waals surface area contributed by atoms with Crippen molar-refractivity contribution >= 4 is 11.9 Å². The number of esters is 2. The minimum absolute atomic E-state index is 0.923. The minimum atomic E-state index is -4.56. The maximum Gasteiger partial charge on any atom is 0.396 e. The summed E-state index contributed by atoms with van der Waals surface area (Å²) in [5, 5.41) is 0. The molecule has 0 aromatic carbocycles. The van der Waals surface area contributed by atoms with Crippen molar-refractivity contribution in [1.29, 1.82) is 0 Å². The predicted molar refractivity (Wildman–Crippen MR) is 38.0 cm³/mol. The van der Waals surface area contributed by atoms with Crippen LogP contribution in [0.15, 0.2) is 0 Å². The Bertz CT molecular complexity index is 207. The van der Waals surface area contributed by atoms with E-state index in [-0.39, 0.29) is 0 Å². The first-order chi connectivity index (χ1) is 6.20.